The summed E-state index contributed by atoms with van der Waals surface area (Å²) < 4.78 is 5.33. The molecule has 0 aliphatic carbocycles. The molecule has 94 valence electrons. The SMILES string of the molecule is NC(CCOCCCc1ccccc1)C(=O)O. The van der Waals surface area contributed by atoms with Crippen LogP contribution < -0.4 is 5.73 Å². The number of nitrogens with two attached hydrogens (primary N) is 1. The van der Waals surface area contributed by atoms with Gasteiger partial charge in [-0.05, 0) is 24.8 Å². The molecule has 1 rings (SSSR count). The predicted octanol–water partition coefficient (Wildman–Crippen LogP) is 1.44. The van der Waals surface area contributed by atoms with E-state index < -0.39 is 12.0 Å². The summed E-state index contributed by atoms with van der Waals surface area (Å²) in [5, 5.41) is 8.55. The van der Waals surface area contributed by atoms with Crippen molar-refractivity contribution in [1.29, 1.82) is 0 Å². The van der Waals surface area contributed by atoms with E-state index in [1.165, 1.54) is 5.56 Å². The maximum Gasteiger partial charge on any atom is 0.320 e. The molecule has 0 aliphatic rings. The minimum Gasteiger partial charge on any atom is -0.480 e. The first-order valence-corrected chi connectivity index (χ1v) is 5.80. The van der Waals surface area contributed by atoms with E-state index in [2.05, 4.69) is 12.1 Å². The number of aliphatic carboxylic acids is 1. The van der Waals surface area contributed by atoms with Gasteiger partial charge >= 0.3 is 5.97 Å². The van der Waals surface area contributed by atoms with Gasteiger partial charge in [0.15, 0.2) is 0 Å². The maximum absolute atomic E-state index is 10.4. The van der Waals surface area contributed by atoms with Crippen molar-refractivity contribution in [1.82, 2.24) is 0 Å². The highest BCUT2D eigenvalue weighted by atomic mass is 16.5. The average Bonchev–Trinajstić information content (AvgIpc) is 2.34. The summed E-state index contributed by atoms with van der Waals surface area (Å²) in [5.74, 6) is -0.974. The molecule has 1 aromatic carbocycles. The first-order valence-electron chi connectivity index (χ1n) is 5.80. The van der Waals surface area contributed by atoms with Gasteiger partial charge < -0.3 is 15.6 Å². The molecular formula is C13H19NO3. The molecule has 0 amide bonds. The molecule has 0 spiro atoms. The van der Waals surface area contributed by atoms with E-state index in [4.69, 9.17) is 15.6 Å². The number of carboxylic acid groups (broad SMARTS) is 1. The van der Waals surface area contributed by atoms with Crippen molar-refractivity contribution in [2.45, 2.75) is 25.3 Å². The minimum atomic E-state index is -0.974. The Kier molecular flexibility index (Phi) is 6.29. The normalized spacial score (nSPS) is 12.3. The Balaban J connectivity index is 2.00. The zero-order chi connectivity index (χ0) is 12.5. The second-order valence-electron chi connectivity index (χ2n) is 3.93. The van der Waals surface area contributed by atoms with Gasteiger partial charge in [0.1, 0.15) is 6.04 Å². The molecule has 3 N–H and O–H groups in total. The van der Waals surface area contributed by atoms with Crippen molar-refractivity contribution in [3.8, 4) is 0 Å². The maximum atomic E-state index is 10.4. The highest BCUT2D eigenvalue weighted by Crippen LogP contribution is 2.02. The van der Waals surface area contributed by atoms with Gasteiger partial charge in [0.05, 0.1) is 0 Å². The molecule has 1 atom stereocenters. The van der Waals surface area contributed by atoms with Crippen molar-refractivity contribution in [2.75, 3.05) is 13.2 Å². The molecule has 0 saturated heterocycles. The Bertz CT molecular complexity index is 327. The highest BCUT2D eigenvalue weighted by molar-refractivity contribution is 5.72. The Hall–Kier alpha value is -1.39. The van der Waals surface area contributed by atoms with Gasteiger partial charge in [-0.3, -0.25) is 4.79 Å². The monoisotopic (exact) mass is 237 g/mol. The molecule has 1 aromatic rings. The number of aryl methyl sites for hydroxylation is 1. The summed E-state index contributed by atoms with van der Waals surface area (Å²) in [6.45, 7) is 1.05. The van der Waals surface area contributed by atoms with Crippen LogP contribution in [0.5, 0.6) is 0 Å². The van der Waals surface area contributed by atoms with E-state index >= 15 is 0 Å². The summed E-state index contributed by atoms with van der Waals surface area (Å²) >= 11 is 0. The molecular weight excluding hydrogens is 218 g/mol. The third-order valence-electron chi connectivity index (χ3n) is 2.49. The van der Waals surface area contributed by atoms with Gasteiger partial charge in [0, 0.05) is 13.2 Å². The lowest BCUT2D eigenvalue weighted by atomic mass is 10.1. The van der Waals surface area contributed by atoms with Crippen molar-refractivity contribution < 1.29 is 14.6 Å². The highest BCUT2D eigenvalue weighted by Gasteiger charge is 2.09. The molecule has 0 fully saturated rings. The van der Waals surface area contributed by atoms with E-state index in [0.717, 1.165) is 12.8 Å². The lowest BCUT2D eigenvalue weighted by Crippen LogP contribution is -2.31. The number of carboxylic acids is 1. The van der Waals surface area contributed by atoms with Gasteiger partial charge in [0.25, 0.3) is 0 Å². The largest absolute Gasteiger partial charge is 0.480 e. The first-order chi connectivity index (χ1) is 8.20. The molecule has 0 radical (unpaired) electrons. The van der Waals surface area contributed by atoms with Crippen LogP contribution in [0.25, 0.3) is 0 Å². The number of rotatable bonds is 8. The quantitative estimate of drug-likeness (QED) is 0.671. The molecule has 4 heteroatoms. The minimum absolute atomic E-state index is 0.362. The fraction of sp³-hybridized carbons (Fsp3) is 0.462. The lowest BCUT2D eigenvalue weighted by Gasteiger charge is -2.07. The average molecular weight is 237 g/mol. The summed E-state index contributed by atoms with van der Waals surface area (Å²) in [4.78, 5) is 10.4. The Morgan fingerprint density at radius 2 is 2.00 bits per heavy atom. The molecule has 0 bridgehead atoms. The summed E-state index contributed by atoms with van der Waals surface area (Å²) in [6, 6.07) is 9.38. The second kappa shape index (κ2) is 7.81. The van der Waals surface area contributed by atoms with E-state index in [0.29, 0.717) is 19.6 Å². The third kappa shape index (κ3) is 6.04. The lowest BCUT2D eigenvalue weighted by molar-refractivity contribution is -0.139. The molecule has 4 nitrogen and oxygen atoms in total. The van der Waals surface area contributed by atoms with Gasteiger partial charge in [-0.2, -0.15) is 0 Å². The molecule has 17 heavy (non-hydrogen) atoms. The summed E-state index contributed by atoms with van der Waals surface area (Å²) in [7, 11) is 0. The van der Waals surface area contributed by atoms with Crippen LogP contribution in [-0.2, 0) is 16.0 Å². The van der Waals surface area contributed by atoms with Crippen molar-refractivity contribution in [3.63, 3.8) is 0 Å². The van der Waals surface area contributed by atoms with Crippen molar-refractivity contribution in [2.24, 2.45) is 5.73 Å². The van der Waals surface area contributed by atoms with E-state index in [9.17, 15) is 4.79 Å². The Morgan fingerprint density at radius 1 is 1.29 bits per heavy atom. The molecule has 1 unspecified atom stereocenters. The van der Waals surface area contributed by atoms with E-state index in [1.807, 2.05) is 18.2 Å². The zero-order valence-electron chi connectivity index (χ0n) is 9.84. The van der Waals surface area contributed by atoms with Gasteiger partial charge in [0.2, 0.25) is 0 Å². The number of hydrogen-bond donors (Lipinski definition) is 2. The van der Waals surface area contributed by atoms with Crippen LogP contribution in [-0.4, -0.2) is 30.3 Å². The number of carbonyl (C=O) groups is 1. The van der Waals surface area contributed by atoms with Crippen LogP contribution in [0.2, 0.25) is 0 Å². The van der Waals surface area contributed by atoms with Crippen LogP contribution in [0.4, 0.5) is 0 Å². The summed E-state index contributed by atoms with van der Waals surface area (Å²) in [5.41, 5.74) is 6.63. The molecule has 0 heterocycles. The van der Waals surface area contributed by atoms with Crippen molar-refractivity contribution in [3.05, 3.63) is 35.9 Å². The topological polar surface area (TPSA) is 72.5 Å². The molecule has 0 saturated carbocycles. The van der Waals surface area contributed by atoms with Crippen LogP contribution >= 0.6 is 0 Å². The van der Waals surface area contributed by atoms with Crippen LogP contribution in [0.3, 0.4) is 0 Å². The third-order valence-corrected chi connectivity index (χ3v) is 2.49. The van der Waals surface area contributed by atoms with Crippen LogP contribution in [0.1, 0.15) is 18.4 Å². The zero-order valence-corrected chi connectivity index (χ0v) is 9.84. The fourth-order valence-electron chi connectivity index (χ4n) is 1.46. The molecule has 0 aliphatic heterocycles. The summed E-state index contributed by atoms with van der Waals surface area (Å²) in [6.07, 6.45) is 2.28. The van der Waals surface area contributed by atoms with Gasteiger partial charge in [-0.25, -0.2) is 0 Å². The van der Waals surface area contributed by atoms with Crippen LogP contribution in [0.15, 0.2) is 30.3 Å². The second-order valence-corrected chi connectivity index (χ2v) is 3.93. The predicted molar refractivity (Wildman–Crippen MR) is 65.8 cm³/mol. The number of benzene rings is 1. The van der Waals surface area contributed by atoms with Crippen LogP contribution in [0, 0.1) is 0 Å². The standard InChI is InChI=1S/C13H19NO3/c14-12(13(15)16)8-10-17-9-4-7-11-5-2-1-3-6-11/h1-3,5-6,12H,4,7-10,14H2,(H,15,16). The Labute approximate surface area is 101 Å². The van der Waals surface area contributed by atoms with Gasteiger partial charge in [-0.15, -0.1) is 0 Å². The van der Waals surface area contributed by atoms with E-state index in [-0.39, 0.29) is 0 Å². The van der Waals surface area contributed by atoms with E-state index in [1.54, 1.807) is 0 Å². The number of hydrogen-bond acceptors (Lipinski definition) is 3. The smallest absolute Gasteiger partial charge is 0.320 e. The number of ether oxygens (including phenoxy) is 1. The Morgan fingerprint density at radius 3 is 2.65 bits per heavy atom. The fourth-order valence-corrected chi connectivity index (χ4v) is 1.46. The molecule has 0 aromatic heterocycles. The first kappa shape index (κ1) is 13.7. The van der Waals surface area contributed by atoms with Gasteiger partial charge in [-0.1, -0.05) is 30.3 Å². The van der Waals surface area contributed by atoms with Crippen molar-refractivity contribution >= 4 is 5.97 Å².